The average Bonchev–Trinajstić information content (AvgIpc) is 2.43. The highest BCUT2D eigenvalue weighted by Crippen LogP contribution is 2.23. The lowest BCUT2D eigenvalue weighted by Crippen LogP contribution is -2.45. The zero-order valence-corrected chi connectivity index (χ0v) is 12.8. The third kappa shape index (κ3) is 5.49. The first-order valence-corrected chi connectivity index (χ1v) is 7.52. The summed E-state index contributed by atoms with van der Waals surface area (Å²) >= 11 is 0. The minimum absolute atomic E-state index is 0.0127. The Labute approximate surface area is 117 Å². The Kier molecular flexibility index (Phi) is 6.80. The zero-order chi connectivity index (χ0) is 14.3. The zero-order valence-electron chi connectivity index (χ0n) is 12.8. The molecular formula is C15H30N2O2. The smallest absolute Gasteiger partial charge is 0.323 e. The van der Waals surface area contributed by atoms with Crippen LogP contribution in [-0.2, 0) is 9.53 Å². The van der Waals surface area contributed by atoms with E-state index in [1.807, 2.05) is 0 Å². The molecule has 1 rings (SSSR count). The van der Waals surface area contributed by atoms with Gasteiger partial charge in [0, 0.05) is 0 Å². The van der Waals surface area contributed by atoms with Crippen LogP contribution < -0.4 is 5.73 Å². The van der Waals surface area contributed by atoms with E-state index in [9.17, 15) is 4.79 Å². The predicted molar refractivity (Wildman–Crippen MR) is 77.9 cm³/mol. The second-order valence-electron chi connectivity index (χ2n) is 6.40. The van der Waals surface area contributed by atoms with E-state index >= 15 is 0 Å². The second-order valence-corrected chi connectivity index (χ2v) is 6.40. The number of hydrogen-bond acceptors (Lipinski definition) is 4. The molecule has 0 aromatic rings. The lowest BCUT2D eigenvalue weighted by molar-refractivity contribution is -0.148. The summed E-state index contributed by atoms with van der Waals surface area (Å²) in [5.74, 6) is -0.0676. The van der Waals surface area contributed by atoms with E-state index in [1.54, 1.807) is 0 Å². The Balaban J connectivity index is 2.31. The van der Waals surface area contributed by atoms with Crippen molar-refractivity contribution < 1.29 is 9.53 Å². The van der Waals surface area contributed by atoms with Crippen molar-refractivity contribution in [2.24, 2.45) is 11.1 Å². The third-order valence-electron chi connectivity index (χ3n) is 4.19. The van der Waals surface area contributed by atoms with Gasteiger partial charge in [0.1, 0.15) is 6.04 Å². The molecule has 0 aromatic carbocycles. The number of piperidine rings is 1. The number of esters is 1. The minimum atomic E-state index is -0.0676. The Hall–Kier alpha value is -0.610. The number of nitrogens with zero attached hydrogens (tertiary/aromatic N) is 1. The SMILES string of the molecule is COC(=O)C1CCCCN1CCCCC(C)(C)CN. The molecule has 1 saturated heterocycles. The van der Waals surface area contributed by atoms with Gasteiger partial charge in [-0.2, -0.15) is 0 Å². The summed E-state index contributed by atoms with van der Waals surface area (Å²) < 4.78 is 4.90. The topological polar surface area (TPSA) is 55.6 Å². The molecule has 2 N–H and O–H groups in total. The number of hydrogen-bond donors (Lipinski definition) is 1. The molecule has 112 valence electrons. The number of carbonyl (C=O) groups excluding carboxylic acids is 1. The Morgan fingerprint density at radius 3 is 2.74 bits per heavy atom. The van der Waals surface area contributed by atoms with Crippen molar-refractivity contribution in [2.45, 2.75) is 58.4 Å². The van der Waals surface area contributed by atoms with E-state index in [-0.39, 0.29) is 17.4 Å². The van der Waals surface area contributed by atoms with E-state index in [2.05, 4.69) is 18.7 Å². The number of nitrogens with two attached hydrogens (primary N) is 1. The fourth-order valence-corrected chi connectivity index (χ4v) is 2.68. The van der Waals surface area contributed by atoms with Crippen LogP contribution in [-0.4, -0.2) is 43.7 Å². The van der Waals surface area contributed by atoms with Crippen molar-refractivity contribution in [2.75, 3.05) is 26.7 Å². The van der Waals surface area contributed by atoms with Crippen molar-refractivity contribution in [1.29, 1.82) is 0 Å². The minimum Gasteiger partial charge on any atom is -0.468 e. The van der Waals surface area contributed by atoms with Crippen LogP contribution in [0.5, 0.6) is 0 Å². The van der Waals surface area contributed by atoms with Crippen molar-refractivity contribution in [3.63, 3.8) is 0 Å². The first-order valence-electron chi connectivity index (χ1n) is 7.52. The van der Waals surface area contributed by atoms with Crippen LogP contribution in [0.4, 0.5) is 0 Å². The van der Waals surface area contributed by atoms with Gasteiger partial charge in [-0.1, -0.05) is 26.7 Å². The molecule has 0 aliphatic carbocycles. The number of methoxy groups -OCH3 is 1. The number of unbranched alkanes of at least 4 members (excludes halogenated alkanes) is 1. The summed E-state index contributed by atoms with van der Waals surface area (Å²) in [6.07, 6.45) is 6.74. The molecule has 4 heteroatoms. The summed E-state index contributed by atoms with van der Waals surface area (Å²) in [5.41, 5.74) is 5.98. The maximum Gasteiger partial charge on any atom is 0.323 e. The Morgan fingerprint density at radius 1 is 1.37 bits per heavy atom. The largest absolute Gasteiger partial charge is 0.468 e. The third-order valence-corrected chi connectivity index (χ3v) is 4.19. The van der Waals surface area contributed by atoms with E-state index in [1.165, 1.54) is 20.0 Å². The monoisotopic (exact) mass is 270 g/mol. The van der Waals surface area contributed by atoms with E-state index in [4.69, 9.17) is 10.5 Å². The number of carbonyl (C=O) groups is 1. The van der Waals surface area contributed by atoms with Gasteiger partial charge in [0.2, 0.25) is 0 Å². The van der Waals surface area contributed by atoms with Gasteiger partial charge in [-0.05, 0) is 50.7 Å². The lowest BCUT2D eigenvalue weighted by atomic mass is 9.87. The molecule has 0 radical (unpaired) electrons. The molecule has 1 unspecified atom stereocenters. The summed E-state index contributed by atoms with van der Waals surface area (Å²) in [4.78, 5) is 14.0. The van der Waals surface area contributed by atoms with Crippen molar-refractivity contribution in [3.05, 3.63) is 0 Å². The molecule has 1 atom stereocenters. The molecule has 1 aliphatic rings. The highest BCUT2D eigenvalue weighted by Gasteiger charge is 2.28. The lowest BCUT2D eigenvalue weighted by Gasteiger charge is -2.34. The Bertz CT molecular complexity index is 279. The average molecular weight is 270 g/mol. The number of likely N-dealkylation sites (tertiary alicyclic amines) is 1. The molecule has 1 heterocycles. The van der Waals surface area contributed by atoms with E-state index < -0.39 is 0 Å². The van der Waals surface area contributed by atoms with Crippen LogP contribution in [0.3, 0.4) is 0 Å². The Morgan fingerprint density at radius 2 is 2.11 bits per heavy atom. The van der Waals surface area contributed by atoms with Crippen LogP contribution in [0, 0.1) is 5.41 Å². The molecule has 0 saturated carbocycles. The number of rotatable bonds is 7. The van der Waals surface area contributed by atoms with Gasteiger partial charge >= 0.3 is 5.97 Å². The first-order chi connectivity index (χ1) is 9.00. The molecule has 0 amide bonds. The quantitative estimate of drug-likeness (QED) is 0.569. The van der Waals surface area contributed by atoms with E-state index in [0.717, 1.165) is 45.3 Å². The van der Waals surface area contributed by atoms with Gasteiger partial charge in [-0.15, -0.1) is 0 Å². The highest BCUT2D eigenvalue weighted by molar-refractivity contribution is 5.75. The van der Waals surface area contributed by atoms with Gasteiger partial charge in [0.05, 0.1) is 7.11 Å². The first kappa shape index (κ1) is 16.4. The van der Waals surface area contributed by atoms with Crippen LogP contribution >= 0.6 is 0 Å². The summed E-state index contributed by atoms with van der Waals surface area (Å²) in [6, 6.07) is -0.0127. The highest BCUT2D eigenvalue weighted by atomic mass is 16.5. The van der Waals surface area contributed by atoms with Gasteiger partial charge in [-0.3, -0.25) is 9.69 Å². The molecule has 0 aromatic heterocycles. The van der Waals surface area contributed by atoms with Gasteiger partial charge in [0.15, 0.2) is 0 Å². The second kappa shape index (κ2) is 7.85. The molecule has 0 spiro atoms. The molecule has 19 heavy (non-hydrogen) atoms. The van der Waals surface area contributed by atoms with Crippen molar-refractivity contribution in [1.82, 2.24) is 4.90 Å². The van der Waals surface area contributed by atoms with Crippen LogP contribution in [0.2, 0.25) is 0 Å². The van der Waals surface area contributed by atoms with Crippen molar-refractivity contribution >= 4 is 5.97 Å². The van der Waals surface area contributed by atoms with Crippen LogP contribution in [0.15, 0.2) is 0 Å². The molecule has 0 bridgehead atoms. The van der Waals surface area contributed by atoms with E-state index in [0.29, 0.717) is 0 Å². The number of ether oxygens (including phenoxy) is 1. The predicted octanol–water partition coefficient (Wildman–Crippen LogP) is 2.17. The normalized spacial score (nSPS) is 21.4. The fraction of sp³-hybridized carbons (Fsp3) is 0.933. The summed E-state index contributed by atoms with van der Waals surface area (Å²) in [7, 11) is 1.49. The standard InChI is InChI=1S/C15H30N2O2/c1-15(2,12-16)9-5-7-11-17-10-6-4-8-13(17)14(18)19-3/h13H,4-12,16H2,1-3H3. The maximum absolute atomic E-state index is 11.7. The molecule has 1 fully saturated rings. The molecular weight excluding hydrogens is 240 g/mol. The molecule has 4 nitrogen and oxygen atoms in total. The van der Waals surface area contributed by atoms with Gasteiger partial charge in [-0.25, -0.2) is 0 Å². The summed E-state index contributed by atoms with van der Waals surface area (Å²) in [6.45, 7) is 7.19. The molecule has 1 aliphatic heterocycles. The van der Waals surface area contributed by atoms with Crippen LogP contribution in [0.1, 0.15) is 52.4 Å². The fourth-order valence-electron chi connectivity index (χ4n) is 2.68. The van der Waals surface area contributed by atoms with Crippen LogP contribution in [0.25, 0.3) is 0 Å². The summed E-state index contributed by atoms with van der Waals surface area (Å²) in [5, 5.41) is 0. The van der Waals surface area contributed by atoms with Gasteiger partial charge in [0.25, 0.3) is 0 Å². The van der Waals surface area contributed by atoms with Crippen molar-refractivity contribution in [3.8, 4) is 0 Å². The maximum atomic E-state index is 11.7. The van der Waals surface area contributed by atoms with Gasteiger partial charge < -0.3 is 10.5 Å².